The lowest BCUT2D eigenvalue weighted by Gasteiger charge is -2.42. The van der Waals surface area contributed by atoms with Crippen LogP contribution in [0.4, 0.5) is 0 Å². The summed E-state index contributed by atoms with van der Waals surface area (Å²) >= 11 is 0. The first kappa shape index (κ1) is 16.3. The van der Waals surface area contributed by atoms with E-state index in [1.807, 2.05) is 4.90 Å². The van der Waals surface area contributed by atoms with Crippen molar-refractivity contribution < 1.29 is 9.90 Å². The molecule has 3 rings (SSSR count). The number of likely N-dealkylation sites (tertiary alicyclic amines) is 2. The lowest BCUT2D eigenvalue weighted by molar-refractivity contribution is -0.132. The molecule has 0 aliphatic carbocycles. The molecular formula is C17H26N4O2. The van der Waals surface area contributed by atoms with Crippen LogP contribution in [0.1, 0.15) is 31.4 Å². The number of rotatable bonds is 4. The fraction of sp³-hybridized carbons (Fsp3) is 0.706. The minimum atomic E-state index is 0.149. The van der Waals surface area contributed by atoms with E-state index in [0.717, 1.165) is 51.1 Å². The van der Waals surface area contributed by atoms with Crippen molar-refractivity contribution in [3.05, 3.63) is 24.3 Å². The summed E-state index contributed by atoms with van der Waals surface area (Å²) < 4.78 is 0. The third kappa shape index (κ3) is 4.26. The Morgan fingerprint density at radius 1 is 1.22 bits per heavy atom. The van der Waals surface area contributed by atoms with Crippen molar-refractivity contribution in [3.8, 4) is 0 Å². The first-order valence-electron chi connectivity index (χ1n) is 8.64. The van der Waals surface area contributed by atoms with Crippen LogP contribution in [0.2, 0.25) is 0 Å². The molecule has 0 spiro atoms. The topological polar surface area (TPSA) is 69.6 Å². The maximum absolute atomic E-state index is 12.4. The van der Waals surface area contributed by atoms with Gasteiger partial charge in [0.1, 0.15) is 0 Å². The standard InChI is InChI=1S/C17H26N4O2/c22-13-14-2-1-7-21(12-14)16-3-8-20(9-4-16)17(23)10-15-11-18-5-6-19-15/h5-6,11,14,16,22H,1-4,7-10,12-13H2/t14-/m1/s1. The molecule has 2 aliphatic heterocycles. The Kier molecular flexibility index (Phi) is 5.56. The van der Waals surface area contributed by atoms with Gasteiger partial charge in [-0.1, -0.05) is 0 Å². The maximum atomic E-state index is 12.4. The summed E-state index contributed by atoms with van der Waals surface area (Å²) in [6.45, 7) is 4.09. The van der Waals surface area contributed by atoms with Gasteiger partial charge in [-0.3, -0.25) is 19.7 Å². The summed E-state index contributed by atoms with van der Waals surface area (Å²) in [6.07, 6.45) is 9.64. The molecule has 1 amide bonds. The van der Waals surface area contributed by atoms with Crippen molar-refractivity contribution in [2.45, 2.75) is 38.1 Å². The zero-order valence-electron chi connectivity index (χ0n) is 13.6. The molecule has 0 aromatic carbocycles. The monoisotopic (exact) mass is 318 g/mol. The highest BCUT2D eigenvalue weighted by Crippen LogP contribution is 2.23. The summed E-state index contributed by atoms with van der Waals surface area (Å²) in [5.41, 5.74) is 0.737. The van der Waals surface area contributed by atoms with E-state index in [-0.39, 0.29) is 5.91 Å². The summed E-state index contributed by atoms with van der Waals surface area (Å²) in [6, 6.07) is 0.560. The van der Waals surface area contributed by atoms with Gasteiger partial charge in [0.25, 0.3) is 0 Å². The second-order valence-corrected chi connectivity index (χ2v) is 6.67. The number of piperidine rings is 2. The molecule has 3 heterocycles. The van der Waals surface area contributed by atoms with E-state index < -0.39 is 0 Å². The summed E-state index contributed by atoms with van der Waals surface area (Å²) in [5.74, 6) is 0.580. The molecular weight excluding hydrogens is 292 g/mol. The largest absolute Gasteiger partial charge is 0.396 e. The van der Waals surface area contributed by atoms with E-state index >= 15 is 0 Å². The molecule has 1 atom stereocenters. The van der Waals surface area contributed by atoms with E-state index in [0.29, 0.717) is 25.0 Å². The Bertz CT molecular complexity index is 503. The average Bonchev–Trinajstić information content (AvgIpc) is 2.63. The first-order chi connectivity index (χ1) is 11.3. The van der Waals surface area contributed by atoms with Crippen LogP contribution in [-0.2, 0) is 11.2 Å². The zero-order chi connectivity index (χ0) is 16.1. The van der Waals surface area contributed by atoms with Crippen LogP contribution < -0.4 is 0 Å². The fourth-order valence-corrected chi connectivity index (χ4v) is 3.75. The first-order valence-corrected chi connectivity index (χ1v) is 8.64. The van der Waals surface area contributed by atoms with Crippen LogP contribution in [0.5, 0.6) is 0 Å². The molecule has 2 saturated heterocycles. The van der Waals surface area contributed by atoms with Crippen molar-refractivity contribution in [2.75, 3.05) is 32.8 Å². The van der Waals surface area contributed by atoms with Gasteiger partial charge in [0.2, 0.25) is 5.91 Å². The van der Waals surface area contributed by atoms with Gasteiger partial charge in [-0.2, -0.15) is 0 Å². The third-order valence-corrected chi connectivity index (χ3v) is 5.09. The number of hydrogen-bond donors (Lipinski definition) is 1. The lowest BCUT2D eigenvalue weighted by Crippen LogP contribution is -2.50. The summed E-state index contributed by atoms with van der Waals surface area (Å²) in [7, 11) is 0. The van der Waals surface area contributed by atoms with Crippen LogP contribution in [0.25, 0.3) is 0 Å². The molecule has 0 radical (unpaired) electrons. The van der Waals surface area contributed by atoms with E-state index in [4.69, 9.17) is 0 Å². The number of nitrogens with zero attached hydrogens (tertiary/aromatic N) is 4. The Labute approximate surface area is 137 Å². The van der Waals surface area contributed by atoms with E-state index in [9.17, 15) is 9.90 Å². The minimum absolute atomic E-state index is 0.149. The number of amides is 1. The van der Waals surface area contributed by atoms with Crippen molar-refractivity contribution in [2.24, 2.45) is 5.92 Å². The van der Waals surface area contributed by atoms with Gasteiger partial charge in [-0.25, -0.2) is 0 Å². The normalized spacial score (nSPS) is 23.9. The van der Waals surface area contributed by atoms with Gasteiger partial charge in [0.05, 0.1) is 12.1 Å². The van der Waals surface area contributed by atoms with E-state index in [1.165, 1.54) is 6.42 Å². The molecule has 6 nitrogen and oxygen atoms in total. The Morgan fingerprint density at radius 3 is 2.74 bits per heavy atom. The molecule has 1 N–H and O–H groups in total. The summed E-state index contributed by atoms with van der Waals surface area (Å²) in [4.78, 5) is 25.0. The van der Waals surface area contributed by atoms with Crippen LogP contribution >= 0.6 is 0 Å². The summed E-state index contributed by atoms with van der Waals surface area (Å²) in [5, 5.41) is 9.37. The molecule has 1 aromatic heterocycles. The van der Waals surface area contributed by atoms with Gasteiger partial charge >= 0.3 is 0 Å². The molecule has 0 bridgehead atoms. The second-order valence-electron chi connectivity index (χ2n) is 6.67. The maximum Gasteiger partial charge on any atom is 0.228 e. The van der Waals surface area contributed by atoms with Crippen molar-refractivity contribution in [1.82, 2.24) is 19.8 Å². The second kappa shape index (κ2) is 7.84. The molecule has 2 fully saturated rings. The number of hydrogen-bond acceptors (Lipinski definition) is 5. The van der Waals surface area contributed by atoms with Gasteiger partial charge in [-0.05, 0) is 38.1 Å². The fourth-order valence-electron chi connectivity index (χ4n) is 3.75. The molecule has 0 unspecified atom stereocenters. The SMILES string of the molecule is O=C(Cc1cnccn1)N1CCC(N2CCC[C@@H](CO)C2)CC1. The van der Waals surface area contributed by atoms with Crippen LogP contribution in [0.3, 0.4) is 0 Å². The number of aliphatic hydroxyl groups excluding tert-OH is 1. The van der Waals surface area contributed by atoms with Crippen molar-refractivity contribution >= 4 is 5.91 Å². The van der Waals surface area contributed by atoms with E-state index in [1.54, 1.807) is 18.6 Å². The highest BCUT2D eigenvalue weighted by molar-refractivity contribution is 5.78. The van der Waals surface area contributed by atoms with Crippen LogP contribution in [-0.4, -0.2) is 69.6 Å². The number of aromatic nitrogens is 2. The third-order valence-electron chi connectivity index (χ3n) is 5.09. The molecule has 0 saturated carbocycles. The quantitative estimate of drug-likeness (QED) is 0.886. The highest BCUT2D eigenvalue weighted by Gasteiger charge is 2.29. The molecule has 6 heteroatoms. The molecule has 126 valence electrons. The number of carbonyl (C=O) groups excluding carboxylic acids is 1. The number of aliphatic hydroxyl groups is 1. The minimum Gasteiger partial charge on any atom is -0.396 e. The van der Waals surface area contributed by atoms with Gasteiger partial charge in [-0.15, -0.1) is 0 Å². The van der Waals surface area contributed by atoms with Crippen molar-refractivity contribution in [3.63, 3.8) is 0 Å². The lowest BCUT2D eigenvalue weighted by atomic mass is 9.94. The highest BCUT2D eigenvalue weighted by atomic mass is 16.3. The smallest absolute Gasteiger partial charge is 0.228 e. The predicted molar refractivity (Wildman–Crippen MR) is 86.7 cm³/mol. The Balaban J connectivity index is 1.47. The Hall–Kier alpha value is -1.53. The van der Waals surface area contributed by atoms with Crippen LogP contribution in [0.15, 0.2) is 18.6 Å². The van der Waals surface area contributed by atoms with Crippen LogP contribution in [0, 0.1) is 5.92 Å². The molecule has 2 aliphatic rings. The molecule has 23 heavy (non-hydrogen) atoms. The predicted octanol–water partition coefficient (Wildman–Crippen LogP) is 0.714. The molecule has 1 aromatic rings. The van der Waals surface area contributed by atoms with Gasteiger partial charge in [0.15, 0.2) is 0 Å². The Morgan fingerprint density at radius 2 is 2.04 bits per heavy atom. The number of carbonyl (C=O) groups is 1. The van der Waals surface area contributed by atoms with Gasteiger partial charge in [0, 0.05) is 50.9 Å². The van der Waals surface area contributed by atoms with E-state index in [2.05, 4.69) is 14.9 Å². The average molecular weight is 318 g/mol. The zero-order valence-corrected chi connectivity index (χ0v) is 13.6. The van der Waals surface area contributed by atoms with Gasteiger partial charge < -0.3 is 10.0 Å². The van der Waals surface area contributed by atoms with Crippen molar-refractivity contribution in [1.29, 1.82) is 0 Å².